The van der Waals surface area contributed by atoms with Crippen molar-refractivity contribution in [2.24, 2.45) is 5.10 Å². The highest BCUT2D eigenvalue weighted by Crippen LogP contribution is 2.34. The molecule has 0 aromatic heterocycles. The van der Waals surface area contributed by atoms with Gasteiger partial charge in [0, 0.05) is 0 Å². The normalized spacial score (nSPS) is 10.8. The lowest BCUT2D eigenvalue weighted by Gasteiger charge is -2.05. The zero-order valence-electron chi connectivity index (χ0n) is 12.8. The lowest BCUT2D eigenvalue weighted by atomic mass is 10.1. The van der Waals surface area contributed by atoms with Gasteiger partial charge in [0.15, 0.2) is 11.8 Å². The van der Waals surface area contributed by atoms with Gasteiger partial charge in [0.1, 0.15) is 5.71 Å². The van der Waals surface area contributed by atoms with Crippen LogP contribution in [0.25, 0.3) is 0 Å². The molecule has 0 saturated heterocycles. The Kier molecular flexibility index (Phi) is 5.27. The molecule has 2 aromatic rings. The van der Waals surface area contributed by atoms with E-state index < -0.39 is 43.1 Å². The fraction of sp³-hybridized carbons (Fsp3) is 0. The average molecular weight is 359 g/mol. The molecule has 0 heterocycles. The summed E-state index contributed by atoms with van der Waals surface area (Å²) in [6.07, 6.45) is 0.0805. The molecule has 0 aliphatic heterocycles. The van der Waals surface area contributed by atoms with Gasteiger partial charge in [-0.3, -0.25) is 40.6 Å². The number of nitro groups is 3. The zero-order chi connectivity index (χ0) is 19.3. The summed E-state index contributed by atoms with van der Waals surface area (Å²) >= 11 is 0. The fourth-order valence-corrected chi connectivity index (χ4v) is 2.03. The minimum absolute atomic E-state index is 0.0805. The van der Waals surface area contributed by atoms with Crippen LogP contribution in [-0.2, 0) is 4.79 Å². The van der Waals surface area contributed by atoms with Crippen molar-refractivity contribution in [2.75, 3.05) is 5.43 Å². The maximum absolute atomic E-state index is 11.3. The summed E-state index contributed by atoms with van der Waals surface area (Å²) in [6.45, 7) is 0. The van der Waals surface area contributed by atoms with E-state index in [-0.39, 0.29) is 6.29 Å². The van der Waals surface area contributed by atoms with Crippen molar-refractivity contribution in [1.82, 2.24) is 0 Å². The number of aldehydes is 1. The first-order valence-corrected chi connectivity index (χ1v) is 6.80. The monoisotopic (exact) mass is 359 g/mol. The van der Waals surface area contributed by atoms with E-state index in [1.54, 1.807) is 30.3 Å². The molecule has 0 spiro atoms. The van der Waals surface area contributed by atoms with E-state index in [1.807, 2.05) is 0 Å². The number of benzene rings is 2. The number of carbonyl (C=O) groups is 1. The molecule has 0 bridgehead atoms. The summed E-state index contributed by atoms with van der Waals surface area (Å²) < 4.78 is 0. The Morgan fingerprint density at radius 1 is 0.923 bits per heavy atom. The number of rotatable bonds is 7. The minimum Gasteiger partial charge on any atom is -0.296 e. The van der Waals surface area contributed by atoms with Crippen molar-refractivity contribution >= 4 is 34.7 Å². The second kappa shape index (κ2) is 7.57. The molecule has 0 radical (unpaired) electrons. The number of nitro benzene ring substituents is 3. The van der Waals surface area contributed by atoms with Gasteiger partial charge in [0.05, 0.1) is 32.6 Å². The second-order valence-corrected chi connectivity index (χ2v) is 4.72. The number of carbonyl (C=O) groups excluding carboxylic acids is 1. The molecule has 0 atom stereocenters. The summed E-state index contributed by atoms with van der Waals surface area (Å²) in [6, 6.07) is 9.22. The Morgan fingerprint density at radius 3 is 1.88 bits per heavy atom. The summed E-state index contributed by atoms with van der Waals surface area (Å²) in [7, 11) is 0. The van der Waals surface area contributed by atoms with Crippen LogP contribution in [0.2, 0.25) is 0 Å². The van der Waals surface area contributed by atoms with Crippen LogP contribution in [0.5, 0.6) is 0 Å². The molecule has 12 nitrogen and oxygen atoms in total. The smallest absolute Gasteiger partial charge is 0.292 e. The maximum Gasteiger partial charge on any atom is 0.292 e. The van der Waals surface area contributed by atoms with E-state index in [9.17, 15) is 35.1 Å². The molecule has 12 heteroatoms. The van der Waals surface area contributed by atoms with Crippen LogP contribution in [0.3, 0.4) is 0 Å². The first kappa shape index (κ1) is 18.1. The Labute approximate surface area is 144 Å². The van der Waals surface area contributed by atoms with Crippen molar-refractivity contribution in [3.8, 4) is 0 Å². The maximum atomic E-state index is 11.3. The quantitative estimate of drug-likeness (QED) is 0.340. The van der Waals surface area contributed by atoms with E-state index >= 15 is 0 Å². The van der Waals surface area contributed by atoms with Gasteiger partial charge in [-0.1, -0.05) is 18.2 Å². The lowest BCUT2D eigenvalue weighted by molar-refractivity contribution is -0.403. The third kappa shape index (κ3) is 3.81. The number of hydrazone groups is 1. The molecule has 1 N–H and O–H groups in total. The number of non-ortho nitro benzene ring substituents is 1. The first-order valence-electron chi connectivity index (χ1n) is 6.80. The molecule has 0 aliphatic rings. The number of anilines is 1. The van der Waals surface area contributed by atoms with Gasteiger partial charge < -0.3 is 0 Å². The fourth-order valence-electron chi connectivity index (χ4n) is 2.03. The molecule has 2 aromatic carbocycles. The molecule has 132 valence electrons. The van der Waals surface area contributed by atoms with Crippen LogP contribution in [-0.4, -0.2) is 26.8 Å². The first-order chi connectivity index (χ1) is 12.3. The molecule has 26 heavy (non-hydrogen) atoms. The van der Waals surface area contributed by atoms with Gasteiger partial charge >= 0.3 is 0 Å². The van der Waals surface area contributed by atoms with Gasteiger partial charge in [-0.15, -0.1) is 0 Å². The van der Waals surface area contributed by atoms with Crippen LogP contribution in [0.4, 0.5) is 22.7 Å². The Balaban J connectivity index is 2.67. The van der Waals surface area contributed by atoms with Crippen LogP contribution in [0.1, 0.15) is 5.56 Å². The van der Waals surface area contributed by atoms with Crippen LogP contribution in [0.15, 0.2) is 47.6 Å². The SMILES string of the molecule is O=C/C(=N\Nc1ccccc1)c1c([N+](=O)[O-])cc([N+](=O)[O-])cc1[N+](=O)[O-]. The highest BCUT2D eigenvalue weighted by Gasteiger charge is 2.33. The standard InChI is InChI=1S/C14H9N5O7/c20-8-11(16-15-9-4-2-1-3-5-9)14-12(18(23)24)6-10(17(21)22)7-13(14)19(25)26/h1-8,15H/b16-11+. The van der Waals surface area contributed by atoms with E-state index in [0.29, 0.717) is 17.8 Å². The molecule has 2 rings (SSSR count). The van der Waals surface area contributed by atoms with Gasteiger partial charge in [0.25, 0.3) is 17.1 Å². The minimum atomic E-state index is -1.06. The number of nitrogens with one attached hydrogen (secondary N) is 1. The molecular weight excluding hydrogens is 350 g/mol. The van der Waals surface area contributed by atoms with Crippen molar-refractivity contribution in [3.63, 3.8) is 0 Å². The molecule has 0 unspecified atom stereocenters. The van der Waals surface area contributed by atoms with E-state index in [0.717, 1.165) is 0 Å². The topological polar surface area (TPSA) is 171 Å². The third-order valence-corrected chi connectivity index (χ3v) is 3.13. The summed E-state index contributed by atoms with van der Waals surface area (Å²) in [5, 5.41) is 37.0. The van der Waals surface area contributed by atoms with Gasteiger partial charge in [0.2, 0.25) is 0 Å². The van der Waals surface area contributed by atoms with Gasteiger partial charge in [-0.05, 0) is 12.1 Å². The van der Waals surface area contributed by atoms with E-state index in [1.165, 1.54) is 0 Å². The summed E-state index contributed by atoms with van der Waals surface area (Å²) in [5.74, 6) is 0. The lowest BCUT2D eigenvalue weighted by Crippen LogP contribution is -2.12. The van der Waals surface area contributed by atoms with Crippen LogP contribution >= 0.6 is 0 Å². The molecule has 0 aliphatic carbocycles. The van der Waals surface area contributed by atoms with Crippen molar-refractivity contribution in [1.29, 1.82) is 0 Å². The van der Waals surface area contributed by atoms with Gasteiger partial charge in [-0.25, -0.2) is 0 Å². The van der Waals surface area contributed by atoms with Gasteiger partial charge in [-0.2, -0.15) is 5.10 Å². The zero-order valence-corrected chi connectivity index (χ0v) is 12.8. The predicted molar refractivity (Wildman–Crippen MR) is 89.1 cm³/mol. The largest absolute Gasteiger partial charge is 0.296 e. The van der Waals surface area contributed by atoms with E-state index in [2.05, 4.69) is 10.5 Å². The summed E-state index contributed by atoms with van der Waals surface area (Å²) in [4.78, 5) is 41.5. The highest BCUT2D eigenvalue weighted by atomic mass is 16.6. The Bertz CT molecular complexity index is 892. The van der Waals surface area contributed by atoms with Crippen LogP contribution in [0, 0.1) is 30.3 Å². The summed E-state index contributed by atoms with van der Waals surface area (Å²) in [5.41, 5.74) is -1.34. The molecule has 0 fully saturated rings. The Hall–Kier alpha value is -4.22. The van der Waals surface area contributed by atoms with Crippen molar-refractivity contribution in [2.45, 2.75) is 0 Å². The number of para-hydroxylation sites is 1. The number of hydrogen-bond donors (Lipinski definition) is 1. The van der Waals surface area contributed by atoms with Crippen molar-refractivity contribution < 1.29 is 19.6 Å². The second-order valence-electron chi connectivity index (χ2n) is 4.72. The molecule has 0 amide bonds. The molecule has 0 saturated carbocycles. The third-order valence-electron chi connectivity index (χ3n) is 3.13. The number of hydrogen-bond acceptors (Lipinski definition) is 9. The number of nitrogens with zero attached hydrogens (tertiary/aromatic N) is 4. The van der Waals surface area contributed by atoms with Crippen molar-refractivity contribution in [3.05, 3.63) is 78.4 Å². The highest BCUT2D eigenvalue weighted by molar-refractivity contribution is 6.38. The van der Waals surface area contributed by atoms with Crippen LogP contribution < -0.4 is 5.43 Å². The predicted octanol–water partition coefficient (Wildman–Crippen LogP) is 2.43. The average Bonchev–Trinajstić information content (AvgIpc) is 2.62. The Morgan fingerprint density at radius 2 is 1.46 bits per heavy atom. The van der Waals surface area contributed by atoms with E-state index in [4.69, 9.17) is 0 Å². The molecular formula is C14H9N5O7.